The molecule has 0 saturated carbocycles. The highest BCUT2D eigenvalue weighted by molar-refractivity contribution is 5.24. The van der Waals surface area contributed by atoms with Gasteiger partial charge in [0, 0.05) is 6.20 Å². The van der Waals surface area contributed by atoms with Gasteiger partial charge in [-0.2, -0.15) is 5.10 Å². The van der Waals surface area contributed by atoms with E-state index in [-0.39, 0.29) is 5.82 Å². The van der Waals surface area contributed by atoms with Crippen molar-refractivity contribution in [3.63, 3.8) is 0 Å². The van der Waals surface area contributed by atoms with Crippen molar-refractivity contribution < 1.29 is 4.39 Å². The Labute approximate surface area is 94.9 Å². The van der Waals surface area contributed by atoms with Gasteiger partial charge in [-0.1, -0.05) is 13.8 Å². The smallest absolute Gasteiger partial charge is 0.153 e. The Bertz CT molecular complexity index is 426. The van der Waals surface area contributed by atoms with E-state index in [4.69, 9.17) is 0 Å². The van der Waals surface area contributed by atoms with Crippen LogP contribution >= 0.6 is 0 Å². The van der Waals surface area contributed by atoms with E-state index in [9.17, 15) is 4.39 Å². The molecular formula is C12H16FN3. The van der Waals surface area contributed by atoms with Gasteiger partial charge in [-0.25, -0.2) is 14.1 Å². The van der Waals surface area contributed by atoms with Crippen molar-refractivity contribution in [3.05, 3.63) is 41.6 Å². The van der Waals surface area contributed by atoms with Gasteiger partial charge in [0.25, 0.3) is 0 Å². The number of rotatable bonds is 1. The minimum atomic E-state index is -0.339. The predicted molar refractivity (Wildman–Crippen MR) is 62.1 cm³/mol. The molecular weight excluding hydrogens is 205 g/mol. The summed E-state index contributed by atoms with van der Waals surface area (Å²) < 4.78 is 14.2. The van der Waals surface area contributed by atoms with E-state index in [0.29, 0.717) is 5.82 Å². The average Bonchev–Trinajstić information content (AvgIpc) is 2.63. The summed E-state index contributed by atoms with van der Waals surface area (Å²) in [5.74, 6) is 0.289. The molecule has 16 heavy (non-hydrogen) atoms. The zero-order valence-corrected chi connectivity index (χ0v) is 10.0. The van der Waals surface area contributed by atoms with Gasteiger partial charge in [-0.05, 0) is 31.5 Å². The quantitative estimate of drug-likeness (QED) is 0.741. The summed E-state index contributed by atoms with van der Waals surface area (Å²) in [4.78, 5) is 3.93. The number of hydrogen-bond donors (Lipinski definition) is 0. The van der Waals surface area contributed by atoms with Crippen LogP contribution in [0.1, 0.15) is 25.1 Å². The summed E-state index contributed by atoms with van der Waals surface area (Å²) in [5.41, 5.74) is 2.05. The van der Waals surface area contributed by atoms with E-state index in [1.54, 1.807) is 10.7 Å². The van der Waals surface area contributed by atoms with Crippen molar-refractivity contribution in [2.45, 2.75) is 27.7 Å². The Morgan fingerprint density at radius 1 is 1.19 bits per heavy atom. The van der Waals surface area contributed by atoms with Crippen LogP contribution in [0.25, 0.3) is 5.82 Å². The lowest BCUT2D eigenvalue weighted by atomic mass is 10.3. The van der Waals surface area contributed by atoms with E-state index in [2.05, 4.69) is 10.1 Å². The Kier molecular flexibility index (Phi) is 4.17. The number of aryl methyl sites for hydroxylation is 2. The summed E-state index contributed by atoms with van der Waals surface area (Å²) in [6.07, 6.45) is 3.05. The normalized spacial score (nSPS) is 9.56. The highest BCUT2D eigenvalue weighted by Gasteiger charge is 2.02. The summed E-state index contributed by atoms with van der Waals surface area (Å²) in [6.45, 7) is 7.90. The first-order valence-electron chi connectivity index (χ1n) is 5.31. The molecule has 86 valence electrons. The van der Waals surface area contributed by atoms with Crippen molar-refractivity contribution in [2.75, 3.05) is 0 Å². The van der Waals surface area contributed by atoms with Gasteiger partial charge in [0.15, 0.2) is 5.82 Å². The Balaban J connectivity index is 0.000000606. The first-order chi connectivity index (χ1) is 7.66. The highest BCUT2D eigenvalue weighted by Crippen LogP contribution is 2.08. The third-order valence-electron chi connectivity index (χ3n) is 2.09. The van der Waals surface area contributed by atoms with Gasteiger partial charge in [0.1, 0.15) is 5.82 Å². The molecule has 0 aliphatic carbocycles. The number of aromatic nitrogens is 3. The summed E-state index contributed by atoms with van der Waals surface area (Å²) in [5, 5.41) is 4.24. The molecule has 0 amide bonds. The number of pyridine rings is 1. The lowest BCUT2D eigenvalue weighted by Crippen LogP contribution is -1.97. The fourth-order valence-electron chi connectivity index (χ4n) is 1.17. The molecule has 0 fully saturated rings. The minimum Gasteiger partial charge on any atom is -0.234 e. The fourth-order valence-corrected chi connectivity index (χ4v) is 1.17. The van der Waals surface area contributed by atoms with Crippen LogP contribution < -0.4 is 0 Å². The molecule has 2 rings (SSSR count). The Morgan fingerprint density at radius 2 is 1.88 bits per heavy atom. The summed E-state index contributed by atoms with van der Waals surface area (Å²) >= 11 is 0. The van der Waals surface area contributed by atoms with Crippen LogP contribution in [-0.2, 0) is 0 Å². The standard InChI is InChI=1S/C10H10FN3.C2H6/c1-7-6-14(13-8(7)2)10-4-3-9(11)5-12-10;1-2/h3-6H,1-2H3;1-2H3. The third kappa shape index (κ3) is 2.66. The largest absolute Gasteiger partial charge is 0.234 e. The minimum absolute atomic E-state index is 0.339. The molecule has 0 aliphatic heterocycles. The van der Waals surface area contributed by atoms with Crippen LogP contribution in [-0.4, -0.2) is 14.8 Å². The SMILES string of the molecule is CC.Cc1cn(-c2ccc(F)cn2)nc1C. The van der Waals surface area contributed by atoms with Crippen LogP contribution in [0, 0.1) is 19.7 Å². The molecule has 0 N–H and O–H groups in total. The summed E-state index contributed by atoms with van der Waals surface area (Å²) in [7, 11) is 0. The maximum atomic E-state index is 12.6. The van der Waals surface area contributed by atoms with E-state index in [1.807, 2.05) is 33.9 Å². The second kappa shape index (κ2) is 5.39. The first kappa shape index (κ1) is 12.4. The number of nitrogens with zero attached hydrogens (tertiary/aromatic N) is 3. The van der Waals surface area contributed by atoms with Gasteiger partial charge < -0.3 is 0 Å². The second-order valence-corrected chi connectivity index (χ2v) is 3.18. The van der Waals surface area contributed by atoms with E-state index in [0.717, 1.165) is 11.3 Å². The first-order valence-corrected chi connectivity index (χ1v) is 5.31. The van der Waals surface area contributed by atoms with Crippen molar-refractivity contribution in [1.29, 1.82) is 0 Å². The summed E-state index contributed by atoms with van der Waals surface area (Å²) in [6, 6.07) is 2.97. The van der Waals surface area contributed by atoms with Gasteiger partial charge in [-0.3, -0.25) is 0 Å². The molecule has 0 spiro atoms. The van der Waals surface area contributed by atoms with Crippen molar-refractivity contribution >= 4 is 0 Å². The van der Waals surface area contributed by atoms with Gasteiger partial charge in [0.05, 0.1) is 11.9 Å². The number of halogens is 1. The second-order valence-electron chi connectivity index (χ2n) is 3.18. The van der Waals surface area contributed by atoms with Gasteiger partial charge in [-0.15, -0.1) is 0 Å². The molecule has 4 heteroatoms. The zero-order chi connectivity index (χ0) is 12.1. The topological polar surface area (TPSA) is 30.7 Å². The lowest BCUT2D eigenvalue weighted by Gasteiger charge is -1.98. The Hall–Kier alpha value is -1.71. The highest BCUT2D eigenvalue weighted by atomic mass is 19.1. The van der Waals surface area contributed by atoms with Gasteiger partial charge >= 0.3 is 0 Å². The van der Waals surface area contributed by atoms with Crippen LogP contribution in [0.4, 0.5) is 4.39 Å². The molecule has 0 unspecified atom stereocenters. The maximum Gasteiger partial charge on any atom is 0.153 e. The zero-order valence-electron chi connectivity index (χ0n) is 10.0. The predicted octanol–water partition coefficient (Wildman–Crippen LogP) is 3.05. The van der Waals surface area contributed by atoms with Crippen molar-refractivity contribution in [2.24, 2.45) is 0 Å². The molecule has 2 aromatic rings. The van der Waals surface area contributed by atoms with Crippen LogP contribution in [0.2, 0.25) is 0 Å². The van der Waals surface area contributed by atoms with Crippen molar-refractivity contribution in [1.82, 2.24) is 14.8 Å². The molecule has 0 aliphatic rings. The monoisotopic (exact) mass is 221 g/mol. The van der Waals surface area contributed by atoms with Crippen molar-refractivity contribution in [3.8, 4) is 5.82 Å². The fraction of sp³-hybridized carbons (Fsp3) is 0.333. The molecule has 0 radical (unpaired) electrons. The molecule has 2 heterocycles. The molecule has 0 atom stereocenters. The van der Waals surface area contributed by atoms with E-state index in [1.165, 1.54) is 12.3 Å². The molecule has 2 aromatic heterocycles. The van der Waals surface area contributed by atoms with Crippen LogP contribution in [0.5, 0.6) is 0 Å². The Morgan fingerprint density at radius 3 is 2.31 bits per heavy atom. The molecule has 0 bridgehead atoms. The lowest BCUT2D eigenvalue weighted by molar-refractivity contribution is 0.619. The molecule has 0 saturated heterocycles. The number of hydrogen-bond acceptors (Lipinski definition) is 2. The molecule has 0 aromatic carbocycles. The maximum absolute atomic E-state index is 12.6. The van der Waals surface area contributed by atoms with Gasteiger partial charge in [0.2, 0.25) is 0 Å². The van der Waals surface area contributed by atoms with Crippen LogP contribution in [0.15, 0.2) is 24.5 Å². The third-order valence-corrected chi connectivity index (χ3v) is 2.09. The average molecular weight is 221 g/mol. The van der Waals surface area contributed by atoms with E-state index < -0.39 is 0 Å². The molecule has 3 nitrogen and oxygen atoms in total. The van der Waals surface area contributed by atoms with E-state index >= 15 is 0 Å². The van der Waals surface area contributed by atoms with Crippen LogP contribution in [0.3, 0.4) is 0 Å².